The number of likely N-dealkylation sites (N-methyl/N-ethyl adjacent to an activating group) is 1. The Morgan fingerprint density at radius 1 is 1.32 bits per heavy atom. The van der Waals surface area contributed by atoms with E-state index in [1.165, 1.54) is 0 Å². The molecule has 0 aromatic carbocycles. The van der Waals surface area contributed by atoms with Gasteiger partial charge < -0.3 is 14.9 Å². The fourth-order valence-corrected chi connectivity index (χ4v) is 2.48. The van der Waals surface area contributed by atoms with Gasteiger partial charge in [0.05, 0.1) is 5.41 Å². The molecular formula is C14H26N2O3. The molecule has 0 aromatic heterocycles. The summed E-state index contributed by atoms with van der Waals surface area (Å²) < 4.78 is 0. The van der Waals surface area contributed by atoms with Gasteiger partial charge in [0.25, 0.3) is 0 Å². The summed E-state index contributed by atoms with van der Waals surface area (Å²) in [6, 6.07) is 0.199. The van der Waals surface area contributed by atoms with Gasteiger partial charge in [0, 0.05) is 25.6 Å². The monoisotopic (exact) mass is 270 g/mol. The average Bonchev–Trinajstić information content (AvgIpc) is 2.49. The number of hydrogen-bond donors (Lipinski definition) is 1. The number of carbonyl (C=O) groups excluding carboxylic acids is 1. The molecule has 1 rings (SSSR count). The van der Waals surface area contributed by atoms with Gasteiger partial charge in [0.1, 0.15) is 0 Å². The molecule has 1 amide bonds. The van der Waals surface area contributed by atoms with Crippen molar-refractivity contribution < 1.29 is 14.7 Å². The van der Waals surface area contributed by atoms with Gasteiger partial charge in [0.15, 0.2) is 0 Å². The zero-order valence-corrected chi connectivity index (χ0v) is 12.5. The number of hydrogen-bond acceptors (Lipinski definition) is 3. The molecule has 0 aromatic rings. The molecule has 1 heterocycles. The molecule has 0 spiro atoms. The predicted molar refractivity (Wildman–Crippen MR) is 73.9 cm³/mol. The van der Waals surface area contributed by atoms with E-state index in [0.29, 0.717) is 0 Å². The second-order valence-electron chi connectivity index (χ2n) is 6.13. The van der Waals surface area contributed by atoms with Crippen LogP contribution >= 0.6 is 0 Å². The summed E-state index contributed by atoms with van der Waals surface area (Å²) in [4.78, 5) is 27.6. The topological polar surface area (TPSA) is 60.9 Å². The van der Waals surface area contributed by atoms with Crippen LogP contribution in [0.5, 0.6) is 0 Å². The summed E-state index contributed by atoms with van der Waals surface area (Å²) in [5.74, 6) is -0.949. The molecule has 5 heteroatoms. The van der Waals surface area contributed by atoms with Crippen molar-refractivity contribution in [3.05, 3.63) is 0 Å². The SMILES string of the molecule is CCC1CN(C)CCCN1C(=O)CC(C)(C)C(=O)O. The van der Waals surface area contributed by atoms with E-state index in [1.807, 2.05) is 4.90 Å². The van der Waals surface area contributed by atoms with Crippen LogP contribution in [-0.4, -0.2) is 59.5 Å². The van der Waals surface area contributed by atoms with Crippen LogP contribution in [0.4, 0.5) is 0 Å². The summed E-state index contributed by atoms with van der Waals surface area (Å²) in [6.07, 6.45) is 1.93. The lowest BCUT2D eigenvalue weighted by atomic mass is 9.88. The Bertz CT molecular complexity index is 342. The standard InChI is InChI=1S/C14H26N2O3/c1-5-11-10-15(4)7-6-8-16(11)12(17)9-14(2,3)13(18)19/h11H,5-10H2,1-4H3,(H,18,19). The third-order valence-corrected chi connectivity index (χ3v) is 3.87. The third-order valence-electron chi connectivity index (χ3n) is 3.87. The molecule has 5 nitrogen and oxygen atoms in total. The Balaban J connectivity index is 2.75. The zero-order valence-electron chi connectivity index (χ0n) is 12.5. The van der Waals surface area contributed by atoms with Gasteiger partial charge in [-0.1, -0.05) is 6.92 Å². The van der Waals surface area contributed by atoms with Gasteiger partial charge in [-0.25, -0.2) is 0 Å². The summed E-state index contributed by atoms with van der Waals surface area (Å²) >= 11 is 0. The number of carbonyl (C=O) groups is 2. The van der Waals surface area contributed by atoms with Crippen molar-refractivity contribution in [2.24, 2.45) is 5.41 Å². The van der Waals surface area contributed by atoms with Crippen LogP contribution in [0.15, 0.2) is 0 Å². The first kappa shape index (κ1) is 16.0. The molecular weight excluding hydrogens is 244 g/mol. The van der Waals surface area contributed by atoms with Crippen molar-refractivity contribution in [2.75, 3.05) is 26.7 Å². The summed E-state index contributed by atoms with van der Waals surface area (Å²) in [5, 5.41) is 9.13. The second kappa shape index (κ2) is 6.37. The highest BCUT2D eigenvalue weighted by Crippen LogP contribution is 2.24. The fourth-order valence-electron chi connectivity index (χ4n) is 2.48. The first-order chi connectivity index (χ1) is 8.77. The first-order valence-corrected chi connectivity index (χ1v) is 6.99. The van der Waals surface area contributed by atoms with E-state index in [9.17, 15) is 9.59 Å². The van der Waals surface area contributed by atoms with Gasteiger partial charge in [0.2, 0.25) is 5.91 Å². The van der Waals surface area contributed by atoms with E-state index < -0.39 is 11.4 Å². The lowest BCUT2D eigenvalue weighted by Crippen LogP contribution is -2.45. The Hall–Kier alpha value is -1.10. The third kappa shape index (κ3) is 4.20. The van der Waals surface area contributed by atoms with Gasteiger partial charge in [-0.05, 0) is 40.3 Å². The van der Waals surface area contributed by atoms with Gasteiger partial charge in [-0.2, -0.15) is 0 Å². The largest absolute Gasteiger partial charge is 0.481 e. The molecule has 0 radical (unpaired) electrons. The van der Waals surface area contributed by atoms with Gasteiger partial charge in [-0.15, -0.1) is 0 Å². The Kier molecular flexibility index (Phi) is 5.35. The van der Waals surface area contributed by atoms with Gasteiger partial charge in [-0.3, -0.25) is 9.59 Å². The van der Waals surface area contributed by atoms with E-state index in [0.717, 1.165) is 32.5 Å². The maximum Gasteiger partial charge on any atom is 0.309 e. The Morgan fingerprint density at radius 2 is 1.95 bits per heavy atom. The number of rotatable bonds is 4. The van der Waals surface area contributed by atoms with E-state index in [-0.39, 0.29) is 18.4 Å². The van der Waals surface area contributed by atoms with Crippen molar-refractivity contribution in [1.82, 2.24) is 9.80 Å². The highest BCUT2D eigenvalue weighted by molar-refractivity contribution is 5.84. The first-order valence-electron chi connectivity index (χ1n) is 6.99. The molecule has 1 atom stereocenters. The minimum absolute atomic E-state index is 0.0328. The normalized spacial score (nSPS) is 22.1. The smallest absolute Gasteiger partial charge is 0.309 e. The highest BCUT2D eigenvalue weighted by Gasteiger charge is 2.34. The summed E-state index contributed by atoms with van der Waals surface area (Å²) in [5.41, 5.74) is -0.992. The van der Waals surface area contributed by atoms with Crippen molar-refractivity contribution in [3.8, 4) is 0 Å². The molecule has 19 heavy (non-hydrogen) atoms. The Morgan fingerprint density at radius 3 is 2.47 bits per heavy atom. The fraction of sp³-hybridized carbons (Fsp3) is 0.857. The number of amides is 1. The minimum Gasteiger partial charge on any atom is -0.481 e. The van der Waals surface area contributed by atoms with Crippen LogP contribution in [0.1, 0.15) is 40.0 Å². The molecule has 1 unspecified atom stereocenters. The van der Waals surface area contributed by atoms with Crippen LogP contribution in [0.2, 0.25) is 0 Å². The van der Waals surface area contributed by atoms with Crippen LogP contribution in [0.3, 0.4) is 0 Å². The molecule has 1 aliphatic rings. The summed E-state index contributed by atoms with van der Waals surface area (Å²) in [6.45, 7) is 7.89. The van der Waals surface area contributed by atoms with Crippen molar-refractivity contribution in [3.63, 3.8) is 0 Å². The van der Waals surface area contributed by atoms with E-state index in [4.69, 9.17) is 5.11 Å². The molecule has 110 valence electrons. The lowest BCUT2D eigenvalue weighted by Gasteiger charge is -2.32. The number of carboxylic acid groups (broad SMARTS) is 1. The number of aliphatic carboxylic acids is 1. The number of nitrogens with zero attached hydrogens (tertiary/aromatic N) is 2. The predicted octanol–water partition coefficient (Wildman–Crippen LogP) is 1.43. The minimum atomic E-state index is -0.992. The van der Waals surface area contributed by atoms with Crippen molar-refractivity contribution >= 4 is 11.9 Å². The molecule has 1 N–H and O–H groups in total. The van der Waals surface area contributed by atoms with Crippen LogP contribution in [0, 0.1) is 5.41 Å². The van der Waals surface area contributed by atoms with Gasteiger partial charge >= 0.3 is 5.97 Å². The van der Waals surface area contributed by atoms with Crippen molar-refractivity contribution in [1.29, 1.82) is 0 Å². The highest BCUT2D eigenvalue weighted by atomic mass is 16.4. The quantitative estimate of drug-likeness (QED) is 0.839. The maximum atomic E-state index is 12.4. The molecule has 1 fully saturated rings. The second-order valence-corrected chi connectivity index (χ2v) is 6.13. The molecule has 0 bridgehead atoms. The van der Waals surface area contributed by atoms with Crippen LogP contribution < -0.4 is 0 Å². The molecule has 1 saturated heterocycles. The molecule has 0 aliphatic carbocycles. The van der Waals surface area contributed by atoms with Crippen LogP contribution in [0.25, 0.3) is 0 Å². The Labute approximate surface area is 115 Å². The van der Waals surface area contributed by atoms with Crippen molar-refractivity contribution in [2.45, 2.75) is 46.1 Å². The maximum absolute atomic E-state index is 12.4. The van der Waals surface area contributed by atoms with E-state index in [2.05, 4.69) is 18.9 Å². The van der Waals surface area contributed by atoms with E-state index in [1.54, 1.807) is 13.8 Å². The lowest BCUT2D eigenvalue weighted by molar-refractivity contribution is -0.152. The van der Waals surface area contributed by atoms with E-state index >= 15 is 0 Å². The molecule has 0 saturated carbocycles. The zero-order chi connectivity index (χ0) is 14.6. The average molecular weight is 270 g/mol. The molecule has 1 aliphatic heterocycles. The van der Waals surface area contributed by atoms with Crippen LogP contribution in [-0.2, 0) is 9.59 Å². The number of carboxylic acids is 1. The summed E-state index contributed by atoms with van der Waals surface area (Å²) in [7, 11) is 2.07.